The minimum atomic E-state index is -1.69. The van der Waals surface area contributed by atoms with Crippen LogP contribution >= 0.6 is 0 Å². The molecule has 2 aromatic heterocycles. The molecular weight excluding hydrogens is 1270 g/mol. The largest absolute Gasteiger partial charge is 0.310 e. The maximum atomic E-state index is 12.0. The van der Waals surface area contributed by atoms with Gasteiger partial charge in [-0.05, 0) is 191 Å². The van der Waals surface area contributed by atoms with E-state index in [4.69, 9.17) is 6.85 Å². The molecule has 0 aliphatic carbocycles. The summed E-state index contributed by atoms with van der Waals surface area (Å²) in [5.41, 5.74) is 0.645. The van der Waals surface area contributed by atoms with Crippen molar-refractivity contribution in [1.82, 2.24) is 9.13 Å². The number of hydrogen-bond acceptors (Lipinski definition) is 2. The molecule has 0 amide bonds. The first kappa shape index (κ1) is 43.5. The van der Waals surface area contributed by atoms with Crippen LogP contribution in [-0.4, -0.2) is 15.8 Å². The maximum absolute atomic E-state index is 12.0. The first-order valence-corrected chi connectivity index (χ1v) is 35.4. The highest BCUT2D eigenvalue weighted by Crippen LogP contribution is 2.56. The Hall–Kier alpha value is -11.7. The van der Waals surface area contributed by atoms with Crippen LogP contribution in [0.4, 0.5) is 34.1 Å². The van der Waals surface area contributed by atoms with Crippen LogP contribution in [0, 0.1) is 0 Å². The number of benzene rings is 14. The number of nitrogens with zero attached hydrogens (tertiary/aromatic N) is 4. The molecule has 4 nitrogen and oxygen atoms in total. The van der Waals surface area contributed by atoms with Gasteiger partial charge >= 0.3 is 0 Å². The molecule has 2 aliphatic rings. The van der Waals surface area contributed by atoms with Gasteiger partial charge in [-0.2, -0.15) is 0 Å². The molecule has 2 aliphatic heterocycles. The molecule has 0 bridgehead atoms. The van der Waals surface area contributed by atoms with E-state index < -0.39 is 229 Å². The Bertz CT molecular complexity index is 7450. The maximum Gasteiger partial charge on any atom is 0.252 e. The minimum Gasteiger partial charge on any atom is -0.310 e. The summed E-state index contributed by atoms with van der Waals surface area (Å²) < 4.78 is 255. The molecular formula is C100H87BN4. The zero-order valence-electron chi connectivity index (χ0n) is 85.4. The number of rotatable bonds is 9. The molecule has 4 heterocycles. The number of para-hydroxylation sites is 2. The molecule has 0 atom stereocenters. The highest BCUT2D eigenvalue weighted by molar-refractivity contribution is 7.00. The molecule has 0 saturated carbocycles. The van der Waals surface area contributed by atoms with Crippen molar-refractivity contribution in [2.75, 3.05) is 9.80 Å². The fourth-order valence-corrected chi connectivity index (χ4v) is 15.0. The van der Waals surface area contributed by atoms with E-state index in [0.29, 0.717) is 66.9 Å². The van der Waals surface area contributed by atoms with E-state index in [2.05, 4.69) is 65.8 Å². The predicted molar refractivity (Wildman–Crippen MR) is 451 cm³/mol. The van der Waals surface area contributed by atoms with Crippen LogP contribution in [0.5, 0.6) is 0 Å². The van der Waals surface area contributed by atoms with Gasteiger partial charge in [-0.15, -0.1) is 0 Å². The lowest BCUT2D eigenvalue weighted by molar-refractivity contribution is 0.590. The molecule has 18 rings (SSSR count). The third-order valence-electron chi connectivity index (χ3n) is 20.4. The van der Waals surface area contributed by atoms with E-state index in [0.717, 1.165) is 20.3 Å². The summed E-state index contributed by atoms with van der Waals surface area (Å²) in [7, 11) is 0. The van der Waals surface area contributed by atoms with Gasteiger partial charge < -0.3 is 18.9 Å². The van der Waals surface area contributed by atoms with Gasteiger partial charge in [-0.25, -0.2) is 0 Å². The Kier molecular flexibility index (Phi) is 10.1. The van der Waals surface area contributed by atoms with E-state index in [-0.39, 0.29) is 55.4 Å². The first-order chi connectivity index (χ1) is 61.1. The van der Waals surface area contributed by atoms with E-state index in [1.807, 2.05) is 164 Å². The summed E-state index contributed by atoms with van der Waals surface area (Å²) in [4.78, 5) is 3.76. The summed E-state index contributed by atoms with van der Waals surface area (Å²) >= 11 is 0. The van der Waals surface area contributed by atoms with Crippen molar-refractivity contribution in [3.05, 3.63) is 331 Å². The van der Waals surface area contributed by atoms with E-state index >= 15 is 0 Å². The summed E-state index contributed by atoms with van der Waals surface area (Å²) in [6, 6.07) is 32.2. The predicted octanol–water partition coefficient (Wildman–Crippen LogP) is 25.5. The van der Waals surface area contributed by atoms with E-state index in [1.165, 1.54) is 0 Å². The standard InChI is InChI=1S/C100H87BN4/c1-97(2,3)70-47-53-89-83(55-70)82-54-69(64-32-18-13-19-33-64)46-52-88(82)103(89)75-49-51-85-91(63-75)105(96-80(67-38-24-16-25-39-67)58-72(99(7,8)9)59-81(96)68-40-26-17-27-41-68)93-61-73(100(10,11)12)60-92-94(93)101(85)84-50-48-74(102-86-44-30-28-42-76(86)77-43-29-31-45-87(77)102)62-90(84)104(92)95-78(65-34-20-14-21-35-65)56-71(98(4,5)6)57-79(95)66-36-22-15-23-37-66/h13-63H,1-12H3/i13D,18D,19D,28D,29D,30D,31D,32D,33D,42D,43D,44D,45D,46D,47D,48D,49D,50D,51D,52D,53D,54D,55D,62D,63D. The van der Waals surface area contributed by atoms with Crippen LogP contribution in [0.3, 0.4) is 0 Å². The van der Waals surface area contributed by atoms with Crippen molar-refractivity contribution in [3.63, 3.8) is 0 Å². The summed E-state index contributed by atoms with van der Waals surface area (Å²) in [6.07, 6.45) is 0. The normalized spacial score (nSPS) is 16.4. The van der Waals surface area contributed by atoms with Crippen molar-refractivity contribution in [2.45, 2.75) is 105 Å². The van der Waals surface area contributed by atoms with Crippen molar-refractivity contribution < 1.29 is 34.3 Å². The Morgan fingerprint density at radius 3 is 1.03 bits per heavy atom. The van der Waals surface area contributed by atoms with Gasteiger partial charge in [0.15, 0.2) is 0 Å². The van der Waals surface area contributed by atoms with Crippen molar-refractivity contribution in [2.24, 2.45) is 0 Å². The molecule has 0 fully saturated rings. The number of aromatic nitrogens is 2. The molecule has 14 aromatic carbocycles. The molecule has 510 valence electrons. The quantitative estimate of drug-likeness (QED) is 0.134. The zero-order valence-corrected chi connectivity index (χ0v) is 60.4. The van der Waals surface area contributed by atoms with Gasteiger partial charge in [-0.1, -0.05) is 295 Å². The van der Waals surface area contributed by atoms with E-state index in [9.17, 15) is 27.4 Å². The number of anilines is 6. The van der Waals surface area contributed by atoms with E-state index in [1.54, 1.807) is 20.8 Å². The first-order valence-electron chi connectivity index (χ1n) is 47.9. The Morgan fingerprint density at radius 2 is 0.629 bits per heavy atom. The van der Waals surface area contributed by atoms with Crippen LogP contribution in [0.2, 0.25) is 0 Å². The van der Waals surface area contributed by atoms with Crippen molar-refractivity contribution in [1.29, 1.82) is 0 Å². The Balaban J connectivity index is 1.13. The van der Waals surface area contributed by atoms with Crippen LogP contribution < -0.4 is 26.2 Å². The third kappa shape index (κ3) is 11.0. The molecule has 5 heteroatoms. The monoisotopic (exact) mass is 1380 g/mol. The van der Waals surface area contributed by atoms with Gasteiger partial charge in [0, 0.05) is 77.9 Å². The second-order valence-electron chi connectivity index (χ2n) is 31.4. The van der Waals surface area contributed by atoms with Gasteiger partial charge in [0.25, 0.3) is 6.71 Å². The fraction of sp³-hybridized carbons (Fsp3) is 0.160. The average Bonchev–Trinajstić information content (AvgIpc) is 1.00. The smallest absolute Gasteiger partial charge is 0.252 e. The lowest BCUT2D eigenvalue weighted by Crippen LogP contribution is -2.61. The van der Waals surface area contributed by atoms with Gasteiger partial charge in [0.1, 0.15) is 0 Å². The van der Waals surface area contributed by atoms with Crippen LogP contribution in [0.25, 0.3) is 111 Å². The third-order valence-corrected chi connectivity index (χ3v) is 20.4. The molecule has 0 N–H and O–H groups in total. The van der Waals surface area contributed by atoms with Gasteiger partial charge in [-0.3, -0.25) is 0 Å². The summed E-state index contributed by atoms with van der Waals surface area (Å²) in [6.45, 7) is 22.0. The highest BCUT2D eigenvalue weighted by Gasteiger charge is 2.47. The number of hydrogen-bond donors (Lipinski definition) is 0. The topological polar surface area (TPSA) is 16.3 Å². The van der Waals surface area contributed by atoms with Crippen LogP contribution in [0.1, 0.15) is 140 Å². The van der Waals surface area contributed by atoms with Gasteiger partial charge in [0.05, 0.1) is 67.7 Å². The summed E-state index contributed by atoms with van der Waals surface area (Å²) in [5.74, 6) is 0. The molecule has 0 radical (unpaired) electrons. The molecule has 105 heavy (non-hydrogen) atoms. The lowest BCUT2D eigenvalue weighted by Gasteiger charge is -2.47. The highest BCUT2D eigenvalue weighted by atomic mass is 15.2. The summed E-state index contributed by atoms with van der Waals surface area (Å²) in [5, 5.41) is -1.43. The van der Waals surface area contributed by atoms with Crippen molar-refractivity contribution in [3.8, 4) is 67.0 Å². The zero-order chi connectivity index (χ0) is 93.8. The SMILES string of the molecule is [2H]c1c([2H])c([2H])c(-c2c([2H])c([2H])c3c(c2[2H])c2c([2H])c(C(C)(C)C)c([2H])c([2H])c2n3-c2c([2H])c([2H])c3c(c2[2H])N(c2c(-c4ccccc4)cc(C(C)(C)C)cc2-c2ccccc2)c2cc(C(C)(C)C)cc4c2B3c2c([2H])c([2H])c(-n3c5c([2H])c([2H])c([2H])c([2H])c5c5c([2H])c([2H])c([2H])c([2H])c53)c([2H])c2N4c2c(-c3ccccc3)cc(C(C)(C)C)cc2-c2ccccc2)c([2H])c1[2H]. The van der Waals surface area contributed by atoms with Crippen LogP contribution in [-0.2, 0) is 21.7 Å². The fourth-order valence-electron chi connectivity index (χ4n) is 15.0. The lowest BCUT2D eigenvalue weighted by atomic mass is 9.33. The van der Waals surface area contributed by atoms with Crippen LogP contribution in [0.15, 0.2) is 309 Å². The second kappa shape index (κ2) is 24.5. The van der Waals surface area contributed by atoms with Crippen molar-refractivity contribution >= 4 is 101 Å². The molecule has 16 aromatic rings. The Morgan fingerprint density at radius 1 is 0.276 bits per heavy atom. The van der Waals surface area contributed by atoms with Gasteiger partial charge in [0.2, 0.25) is 0 Å². The second-order valence-corrected chi connectivity index (χ2v) is 31.4. The molecule has 0 saturated heterocycles. The molecule has 0 unspecified atom stereocenters. The average molecular weight is 1380 g/mol. The number of fused-ring (bicyclic) bond motifs is 10. The minimum absolute atomic E-state index is 0.0160. The Labute approximate surface area is 654 Å². The molecule has 0 spiro atoms.